The van der Waals surface area contributed by atoms with Crippen LogP contribution in [0.2, 0.25) is 0 Å². The van der Waals surface area contributed by atoms with Gasteiger partial charge in [-0.15, -0.1) is 0 Å². The van der Waals surface area contributed by atoms with Crippen molar-refractivity contribution in [2.24, 2.45) is 0 Å². The van der Waals surface area contributed by atoms with Crippen LogP contribution in [0.1, 0.15) is 37.5 Å². The van der Waals surface area contributed by atoms with Crippen molar-refractivity contribution in [3.63, 3.8) is 0 Å². The van der Waals surface area contributed by atoms with Gasteiger partial charge in [-0.3, -0.25) is 9.80 Å². The molecule has 2 aliphatic rings. The van der Waals surface area contributed by atoms with E-state index in [0.717, 1.165) is 31.3 Å². The molecule has 2 fully saturated rings. The van der Waals surface area contributed by atoms with Crippen LogP contribution >= 0.6 is 11.8 Å². The molecule has 6 heteroatoms. The molecule has 112 valence electrons. The van der Waals surface area contributed by atoms with Crippen LogP contribution in [-0.2, 0) is 0 Å². The average Bonchev–Trinajstić information content (AvgIpc) is 3.01. The summed E-state index contributed by atoms with van der Waals surface area (Å²) in [5.41, 5.74) is 0. The zero-order valence-corrected chi connectivity index (χ0v) is 13.4. The van der Waals surface area contributed by atoms with Crippen molar-refractivity contribution in [2.75, 3.05) is 39.0 Å². The number of thioether (sulfide) groups is 1. The number of hydrogen-bond acceptors (Lipinski definition) is 6. The Hall–Kier alpha value is -0.590. The molecule has 1 aromatic heterocycles. The lowest BCUT2D eigenvalue weighted by Crippen LogP contribution is -2.50. The minimum absolute atomic E-state index is 0.236. The molecule has 0 saturated carbocycles. The van der Waals surface area contributed by atoms with E-state index in [9.17, 15) is 0 Å². The van der Waals surface area contributed by atoms with Crippen molar-refractivity contribution in [1.29, 1.82) is 0 Å². The molecule has 20 heavy (non-hydrogen) atoms. The van der Waals surface area contributed by atoms with Crippen LogP contribution in [0.4, 0.5) is 0 Å². The Morgan fingerprint density at radius 2 is 2.30 bits per heavy atom. The SMILES string of the molecule is Cc1noc([C@@H]2CN(C[C@]3(C)CCCS3)CCN2C)n1. The quantitative estimate of drug-likeness (QED) is 0.849. The standard InChI is InChI=1S/C14H24N4OS/c1-11-15-13(19-16-11)12-9-18(7-6-17(12)3)10-14(2)5-4-8-20-14/h12H,4-10H2,1-3H3/t12-,14-/m0/s1. The molecule has 0 unspecified atom stereocenters. The number of aromatic nitrogens is 2. The van der Waals surface area contributed by atoms with Crippen molar-refractivity contribution in [3.05, 3.63) is 11.7 Å². The Balaban J connectivity index is 1.66. The topological polar surface area (TPSA) is 45.4 Å². The van der Waals surface area contributed by atoms with Crippen molar-refractivity contribution >= 4 is 11.8 Å². The highest BCUT2D eigenvalue weighted by atomic mass is 32.2. The third-order valence-electron chi connectivity index (χ3n) is 4.42. The summed E-state index contributed by atoms with van der Waals surface area (Å²) in [4.78, 5) is 9.32. The highest BCUT2D eigenvalue weighted by Gasteiger charge is 2.36. The molecule has 2 atom stereocenters. The van der Waals surface area contributed by atoms with Crippen molar-refractivity contribution in [2.45, 2.75) is 37.5 Å². The fraction of sp³-hybridized carbons (Fsp3) is 0.857. The molecule has 0 aromatic carbocycles. The first-order chi connectivity index (χ1) is 9.56. The molecule has 0 radical (unpaired) electrons. The number of aryl methyl sites for hydroxylation is 1. The predicted octanol–water partition coefficient (Wildman–Crippen LogP) is 1.95. The maximum Gasteiger partial charge on any atom is 0.245 e. The van der Waals surface area contributed by atoms with Crippen molar-refractivity contribution < 1.29 is 4.52 Å². The Morgan fingerprint density at radius 3 is 2.95 bits per heavy atom. The Labute approximate surface area is 125 Å². The van der Waals surface area contributed by atoms with Crippen LogP contribution < -0.4 is 0 Å². The van der Waals surface area contributed by atoms with Gasteiger partial charge in [-0.1, -0.05) is 5.16 Å². The lowest BCUT2D eigenvalue weighted by Gasteiger charge is -2.40. The molecule has 2 aliphatic heterocycles. The van der Waals surface area contributed by atoms with Crippen LogP contribution in [0.15, 0.2) is 4.52 Å². The largest absolute Gasteiger partial charge is 0.338 e. The van der Waals surface area contributed by atoms with Crippen molar-refractivity contribution in [3.8, 4) is 0 Å². The monoisotopic (exact) mass is 296 g/mol. The minimum Gasteiger partial charge on any atom is -0.338 e. The first-order valence-corrected chi connectivity index (χ1v) is 8.41. The summed E-state index contributed by atoms with van der Waals surface area (Å²) in [6, 6.07) is 0.236. The van der Waals surface area contributed by atoms with Gasteiger partial charge in [-0.05, 0) is 39.5 Å². The molecule has 5 nitrogen and oxygen atoms in total. The van der Waals surface area contributed by atoms with E-state index in [0.29, 0.717) is 4.75 Å². The molecule has 3 rings (SSSR count). The molecule has 0 amide bonds. The maximum absolute atomic E-state index is 5.38. The van der Waals surface area contributed by atoms with Crippen LogP contribution in [0.25, 0.3) is 0 Å². The van der Waals surface area contributed by atoms with Gasteiger partial charge < -0.3 is 4.52 Å². The predicted molar refractivity (Wildman–Crippen MR) is 80.9 cm³/mol. The Morgan fingerprint density at radius 1 is 1.45 bits per heavy atom. The third kappa shape index (κ3) is 3.02. The molecular formula is C14H24N4OS. The second-order valence-corrected chi connectivity index (χ2v) is 8.00. The zero-order chi connectivity index (χ0) is 14.2. The van der Waals surface area contributed by atoms with E-state index in [1.807, 2.05) is 6.92 Å². The highest BCUT2D eigenvalue weighted by Crippen LogP contribution is 2.39. The lowest BCUT2D eigenvalue weighted by molar-refractivity contribution is 0.0706. The van der Waals surface area contributed by atoms with E-state index >= 15 is 0 Å². The normalized spacial score (nSPS) is 32.9. The molecule has 2 saturated heterocycles. The summed E-state index contributed by atoms with van der Waals surface area (Å²) in [5, 5.41) is 3.93. The van der Waals surface area contributed by atoms with E-state index in [1.54, 1.807) is 0 Å². The van der Waals surface area contributed by atoms with Gasteiger partial charge in [0.25, 0.3) is 0 Å². The van der Waals surface area contributed by atoms with Gasteiger partial charge in [0, 0.05) is 30.9 Å². The van der Waals surface area contributed by atoms with Crippen LogP contribution in [0, 0.1) is 6.92 Å². The van der Waals surface area contributed by atoms with Gasteiger partial charge in [-0.25, -0.2) is 0 Å². The van der Waals surface area contributed by atoms with Crippen LogP contribution in [0.3, 0.4) is 0 Å². The van der Waals surface area contributed by atoms with E-state index in [1.165, 1.54) is 25.1 Å². The number of likely N-dealkylation sites (N-methyl/N-ethyl adjacent to an activating group) is 1. The Bertz CT molecular complexity index is 458. The fourth-order valence-electron chi connectivity index (χ4n) is 3.22. The number of piperazine rings is 1. The van der Waals surface area contributed by atoms with E-state index < -0.39 is 0 Å². The lowest BCUT2D eigenvalue weighted by atomic mass is 10.0. The van der Waals surface area contributed by atoms with E-state index in [4.69, 9.17) is 4.52 Å². The zero-order valence-electron chi connectivity index (χ0n) is 12.6. The van der Waals surface area contributed by atoms with Gasteiger partial charge in [0.05, 0.1) is 0 Å². The molecule has 3 heterocycles. The second kappa shape index (κ2) is 5.66. The highest BCUT2D eigenvalue weighted by molar-refractivity contribution is 8.00. The summed E-state index contributed by atoms with van der Waals surface area (Å²) < 4.78 is 5.82. The molecule has 0 N–H and O–H groups in total. The van der Waals surface area contributed by atoms with Gasteiger partial charge in [0.2, 0.25) is 5.89 Å². The van der Waals surface area contributed by atoms with Crippen LogP contribution in [0.5, 0.6) is 0 Å². The fourth-order valence-corrected chi connectivity index (χ4v) is 4.57. The molecule has 0 spiro atoms. The smallest absolute Gasteiger partial charge is 0.245 e. The third-order valence-corrected chi connectivity index (χ3v) is 5.94. The Kier molecular flexibility index (Phi) is 4.06. The molecule has 0 bridgehead atoms. The number of rotatable bonds is 3. The average molecular weight is 296 g/mol. The molecule has 0 aliphatic carbocycles. The minimum atomic E-state index is 0.236. The summed E-state index contributed by atoms with van der Waals surface area (Å²) in [7, 11) is 2.15. The van der Waals surface area contributed by atoms with Gasteiger partial charge in [0.15, 0.2) is 5.82 Å². The molecular weight excluding hydrogens is 272 g/mol. The number of hydrogen-bond donors (Lipinski definition) is 0. The van der Waals surface area contributed by atoms with Gasteiger partial charge in [-0.2, -0.15) is 16.7 Å². The second-order valence-electron chi connectivity index (χ2n) is 6.31. The summed E-state index contributed by atoms with van der Waals surface area (Å²) in [6.07, 6.45) is 2.70. The van der Waals surface area contributed by atoms with Gasteiger partial charge in [0.1, 0.15) is 6.04 Å². The summed E-state index contributed by atoms with van der Waals surface area (Å²) in [5.74, 6) is 2.80. The van der Waals surface area contributed by atoms with Crippen LogP contribution in [-0.4, -0.2) is 63.7 Å². The summed E-state index contributed by atoms with van der Waals surface area (Å²) >= 11 is 2.13. The molecule has 1 aromatic rings. The van der Waals surface area contributed by atoms with E-state index in [2.05, 4.69) is 45.7 Å². The van der Waals surface area contributed by atoms with E-state index in [-0.39, 0.29) is 6.04 Å². The maximum atomic E-state index is 5.38. The first-order valence-electron chi connectivity index (χ1n) is 7.42. The summed E-state index contributed by atoms with van der Waals surface area (Å²) in [6.45, 7) is 8.66. The van der Waals surface area contributed by atoms with Crippen molar-refractivity contribution in [1.82, 2.24) is 19.9 Å². The first kappa shape index (κ1) is 14.4. The van der Waals surface area contributed by atoms with Gasteiger partial charge >= 0.3 is 0 Å². The number of nitrogens with zero attached hydrogens (tertiary/aromatic N) is 4.